The van der Waals surface area contributed by atoms with Crippen LogP contribution in [0, 0.1) is 5.92 Å². The number of carbonyl (C=O) groups excluding carboxylic acids is 2. The summed E-state index contributed by atoms with van der Waals surface area (Å²) in [5.74, 6) is 0.309. The minimum atomic E-state index is -0.857. The molecule has 9 heteroatoms. The Morgan fingerprint density at radius 1 is 1.50 bits per heavy atom. The molecule has 2 aromatic rings. The number of primary amides is 1. The minimum Gasteiger partial charge on any atom is -0.351 e. The molecule has 7 nitrogen and oxygen atoms in total. The zero-order valence-electron chi connectivity index (χ0n) is 12.2. The number of nitrogens with one attached hydrogen (secondary N) is 2. The van der Waals surface area contributed by atoms with Gasteiger partial charge in [-0.15, -0.1) is 16.4 Å². The molecule has 0 saturated carbocycles. The molecule has 0 aromatic carbocycles. The van der Waals surface area contributed by atoms with Crippen molar-refractivity contribution in [3.05, 3.63) is 28.2 Å². The van der Waals surface area contributed by atoms with Crippen LogP contribution in [0.3, 0.4) is 0 Å². The van der Waals surface area contributed by atoms with Gasteiger partial charge in [0.25, 0.3) is 0 Å². The van der Waals surface area contributed by atoms with Gasteiger partial charge in [-0.3, -0.25) is 15.2 Å². The van der Waals surface area contributed by atoms with E-state index in [4.69, 9.17) is 5.73 Å². The fourth-order valence-electron chi connectivity index (χ4n) is 1.79. The Balaban J connectivity index is 2.02. The second-order valence-electron chi connectivity index (χ2n) is 4.96. The quantitative estimate of drug-likeness (QED) is 0.694. The topological polar surface area (TPSA) is 114 Å². The molecule has 0 aliphatic heterocycles. The second kappa shape index (κ2) is 7.41. The van der Waals surface area contributed by atoms with Gasteiger partial charge >= 0.3 is 6.03 Å². The van der Waals surface area contributed by atoms with Crippen molar-refractivity contribution in [2.24, 2.45) is 11.7 Å². The van der Waals surface area contributed by atoms with Crippen LogP contribution in [0.15, 0.2) is 22.7 Å². The summed E-state index contributed by atoms with van der Waals surface area (Å²) in [5, 5.41) is 11.1. The molecule has 2 heterocycles. The van der Waals surface area contributed by atoms with E-state index in [1.54, 1.807) is 11.3 Å². The van der Waals surface area contributed by atoms with Gasteiger partial charge in [0.2, 0.25) is 11.1 Å². The van der Waals surface area contributed by atoms with Gasteiger partial charge in [0.05, 0.1) is 5.25 Å². The first-order valence-corrected chi connectivity index (χ1v) is 8.42. The summed E-state index contributed by atoms with van der Waals surface area (Å²) in [4.78, 5) is 28.3. The number of aromatic nitrogens is 3. The zero-order chi connectivity index (χ0) is 16.1. The molecule has 4 N–H and O–H groups in total. The molecule has 1 atom stereocenters. The van der Waals surface area contributed by atoms with Crippen LogP contribution >= 0.6 is 23.1 Å². The van der Waals surface area contributed by atoms with Gasteiger partial charge < -0.3 is 5.73 Å². The number of thiophene rings is 1. The van der Waals surface area contributed by atoms with E-state index in [2.05, 4.69) is 20.5 Å². The number of aromatic amines is 1. The third-order valence-corrected chi connectivity index (χ3v) is 5.06. The second-order valence-corrected chi connectivity index (χ2v) is 7.10. The molecular weight excluding hydrogens is 322 g/mol. The summed E-state index contributed by atoms with van der Waals surface area (Å²) in [6.07, 6.45) is 0.672. The van der Waals surface area contributed by atoms with Crippen LogP contribution in [0.4, 0.5) is 4.79 Å². The van der Waals surface area contributed by atoms with E-state index in [0.29, 0.717) is 11.6 Å². The lowest BCUT2D eigenvalue weighted by Gasteiger charge is -2.16. The molecule has 0 aliphatic carbocycles. The molecule has 118 valence electrons. The molecule has 0 saturated heterocycles. The maximum Gasteiger partial charge on any atom is 0.318 e. The van der Waals surface area contributed by atoms with Crippen molar-refractivity contribution in [1.82, 2.24) is 20.5 Å². The number of hydrogen-bond donors (Lipinski definition) is 3. The molecule has 2 aromatic heterocycles. The van der Waals surface area contributed by atoms with E-state index in [0.717, 1.165) is 5.82 Å². The Morgan fingerprint density at radius 2 is 2.27 bits per heavy atom. The smallest absolute Gasteiger partial charge is 0.318 e. The molecule has 22 heavy (non-hydrogen) atoms. The highest BCUT2D eigenvalue weighted by Crippen LogP contribution is 2.26. The number of thioether (sulfide) groups is 1. The molecule has 0 fully saturated rings. The van der Waals surface area contributed by atoms with E-state index in [1.165, 1.54) is 16.6 Å². The standard InChI is InChI=1S/C13H17N5O2S2/c1-7(2)10(11(19)16-12(14)20)22-13-15-9(17-18-13)6-8-4-3-5-21-8/h3-5,7,10H,6H2,1-2H3,(H,15,17,18)(H3,14,16,19,20). The summed E-state index contributed by atoms with van der Waals surface area (Å²) >= 11 is 2.86. The fraction of sp³-hybridized carbons (Fsp3) is 0.385. The Labute approximate surface area is 136 Å². The third kappa shape index (κ3) is 4.57. The molecule has 2 rings (SSSR count). The number of hydrogen-bond acceptors (Lipinski definition) is 6. The Bertz CT molecular complexity index is 639. The SMILES string of the molecule is CC(C)C(Sc1n[nH]c(Cc2cccs2)n1)C(=O)NC(N)=O. The van der Waals surface area contributed by atoms with Crippen LogP contribution in [-0.4, -0.2) is 32.4 Å². The predicted octanol–water partition coefficient (Wildman–Crippen LogP) is 1.77. The number of amides is 3. The van der Waals surface area contributed by atoms with E-state index in [1.807, 2.05) is 31.4 Å². The van der Waals surface area contributed by atoms with Gasteiger partial charge in [-0.25, -0.2) is 9.78 Å². The van der Waals surface area contributed by atoms with E-state index in [9.17, 15) is 9.59 Å². The molecular formula is C13H17N5O2S2. The molecule has 1 unspecified atom stereocenters. The molecule has 0 bridgehead atoms. The van der Waals surface area contributed by atoms with E-state index >= 15 is 0 Å². The lowest BCUT2D eigenvalue weighted by molar-refractivity contribution is -0.120. The number of nitrogens with zero attached hydrogens (tertiary/aromatic N) is 2. The van der Waals surface area contributed by atoms with Crippen LogP contribution < -0.4 is 11.1 Å². The highest BCUT2D eigenvalue weighted by Gasteiger charge is 2.26. The highest BCUT2D eigenvalue weighted by atomic mass is 32.2. The Morgan fingerprint density at radius 3 is 2.86 bits per heavy atom. The van der Waals surface area contributed by atoms with Gasteiger partial charge in [0, 0.05) is 11.3 Å². The van der Waals surface area contributed by atoms with Crippen molar-refractivity contribution in [2.75, 3.05) is 0 Å². The van der Waals surface area contributed by atoms with E-state index < -0.39 is 17.2 Å². The lowest BCUT2D eigenvalue weighted by atomic mass is 10.1. The largest absolute Gasteiger partial charge is 0.351 e. The summed E-state index contributed by atoms with van der Waals surface area (Å²) in [7, 11) is 0. The summed E-state index contributed by atoms with van der Waals surface area (Å²) in [6, 6.07) is 3.15. The fourth-order valence-corrected chi connectivity index (χ4v) is 3.42. The van der Waals surface area contributed by atoms with Gasteiger partial charge in [-0.2, -0.15) is 0 Å². The number of rotatable bonds is 6. The monoisotopic (exact) mass is 339 g/mol. The molecule has 3 amide bonds. The third-order valence-electron chi connectivity index (χ3n) is 2.78. The summed E-state index contributed by atoms with van der Waals surface area (Å²) in [5.41, 5.74) is 4.99. The maximum absolute atomic E-state index is 12.0. The number of H-pyrrole nitrogens is 1. The first kappa shape index (κ1) is 16.5. The minimum absolute atomic E-state index is 0.00333. The average Bonchev–Trinajstić information content (AvgIpc) is 3.07. The first-order chi connectivity index (χ1) is 10.5. The lowest BCUT2D eigenvalue weighted by Crippen LogP contribution is -2.42. The number of urea groups is 1. The van der Waals surface area contributed by atoms with Gasteiger partial charge in [-0.05, 0) is 17.4 Å². The van der Waals surface area contributed by atoms with Gasteiger partial charge in [0.1, 0.15) is 5.82 Å². The average molecular weight is 339 g/mol. The van der Waals surface area contributed by atoms with Crippen molar-refractivity contribution in [3.8, 4) is 0 Å². The predicted molar refractivity (Wildman–Crippen MR) is 85.7 cm³/mol. The number of carbonyl (C=O) groups is 2. The maximum atomic E-state index is 12.0. The van der Waals surface area contributed by atoms with Crippen molar-refractivity contribution < 1.29 is 9.59 Å². The summed E-state index contributed by atoms with van der Waals surface area (Å²) in [6.45, 7) is 3.77. The van der Waals surface area contributed by atoms with Gasteiger partial charge in [0.15, 0.2) is 0 Å². The van der Waals surface area contributed by atoms with Crippen molar-refractivity contribution >= 4 is 35.0 Å². The van der Waals surface area contributed by atoms with Crippen LogP contribution in [0.25, 0.3) is 0 Å². The number of imide groups is 1. The van der Waals surface area contributed by atoms with Crippen LogP contribution in [0.1, 0.15) is 24.5 Å². The Hall–Kier alpha value is -1.87. The van der Waals surface area contributed by atoms with Crippen molar-refractivity contribution in [3.63, 3.8) is 0 Å². The first-order valence-electron chi connectivity index (χ1n) is 6.66. The molecule has 0 radical (unpaired) electrons. The van der Waals surface area contributed by atoms with E-state index in [-0.39, 0.29) is 5.92 Å². The normalized spacial score (nSPS) is 12.3. The molecule has 0 aliphatic rings. The Kier molecular flexibility index (Phi) is 5.56. The van der Waals surface area contributed by atoms with Crippen LogP contribution in [-0.2, 0) is 11.2 Å². The van der Waals surface area contributed by atoms with Gasteiger partial charge in [-0.1, -0.05) is 31.7 Å². The van der Waals surface area contributed by atoms with Crippen LogP contribution in [0.2, 0.25) is 0 Å². The van der Waals surface area contributed by atoms with Crippen LogP contribution in [0.5, 0.6) is 0 Å². The highest BCUT2D eigenvalue weighted by molar-refractivity contribution is 8.00. The zero-order valence-corrected chi connectivity index (χ0v) is 13.8. The molecule has 0 spiro atoms. The van der Waals surface area contributed by atoms with Crippen molar-refractivity contribution in [2.45, 2.75) is 30.7 Å². The van der Waals surface area contributed by atoms with Crippen molar-refractivity contribution in [1.29, 1.82) is 0 Å². The number of nitrogens with two attached hydrogens (primary N) is 1. The summed E-state index contributed by atoms with van der Waals surface area (Å²) < 4.78 is 0.